The van der Waals surface area contributed by atoms with Crippen molar-refractivity contribution in [3.05, 3.63) is 59.2 Å². The van der Waals surface area contributed by atoms with Gasteiger partial charge < -0.3 is 11.1 Å². The Kier molecular flexibility index (Phi) is 3.84. The Morgan fingerprint density at radius 1 is 1.00 bits per heavy atom. The number of carbonyl (C=O) groups excluding carboxylic acids is 2. The van der Waals surface area contributed by atoms with Crippen molar-refractivity contribution < 1.29 is 9.59 Å². The lowest BCUT2D eigenvalue weighted by Gasteiger charge is -2.06. The van der Waals surface area contributed by atoms with E-state index in [1.54, 1.807) is 36.4 Å². The molecule has 0 fully saturated rings. The fourth-order valence-corrected chi connectivity index (χ4v) is 2.02. The van der Waals surface area contributed by atoms with Gasteiger partial charge in [0.05, 0.1) is 0 Å². The molecule has 0 radical (unpaired) electrons. The van der Waals surface area contributed by atoms with Crippen LogP contribution >= 0.6 is 0 Å². The van der Waals surface area contributed by atoms with E-state index in [1.807, 2.05) is 13.0 Å². The number of nitrogen functional groups attached to an aromatic ring is 1. The lowest BCUT2D eigenvalue weighted by atomic mass is 10.0. The molecule has 2 aromatic carbocycles. The molecular weight excluding hydrogens is 252 g/mol. The monoisotopic (exact) mass is 268 g/mol. The lowest BCUT2D eigenvalue weighted by molar-refractivity contribution is -0.114. The number of carbonyl (C=O) groups is 2. The normalized spacial score (nSPS) is 10.1. The third kappa shape index (κ3) is 3.23. The first-order valence-corrected chi connectivity index (χ1v) is 6.25. The van der Waals surface area contributed by atoms with Crippen LogP contribution in [0.2, 0.25) is 0 Å². The molecule has 0 saturated heterocycles. The molecule has 0 unspecified atom stereocenters. The van der Waals surface area contributed by atoms with Crippen molar-refractivity contribution >= 4 is 23.1 Å². The molecule has 4 nitrogen and oxygen atoms in total. The van der Waals surface area contributed by atoms with Crippen LogP contribution in [0.15, 0.2) is 42.5 Å². The van der Waals surface area contributed by atoms with E-state index in [-0.39, 0.29) is 11.7 Å². The van der Waals surface area contributed by atoms with Crippen molar-refractivity contribution in [1.29, 1.82) is 0 Å². The van der Waals surface area contributed by atoms with E-state index < -0.39 is 0 Å². The maximum atomic E-state index is 12.3. The molecule has 0 aliphatic heterocycles. The maximum Gasteiger partial charge on any atom is 0.221 e. The first-order valence-electron chi connectivity index (χ1n) is 6.25. The van der Waals surface area contributed by atoms with Crippen molar-refractivity contribution in [3.63, 3.8) is 0 Å². The number of amides is 1. The Hall–Kier alpha value is -2.62. The van der Waals surface area contributed by atoms with Crippen LogP contribution in [0.3, 0.4) is 0 Å². The quantitative estimate of drug-likeness (QED) is 0.664. The van der Waals surface area contributed by atoms with Gasteiger partial charge in [0.2, 0.25) is 5.91 Å². The molecule has 0 aromatic heterocycles. The van der Waals surface area contributed by atoms with E-state index in [0.717, 1.165) is 5.56 Å². The second-order valence-corrected chi connectivity index (χ2v) is 4.72. The fourth-order valence-electron chi connectivity index (χ4n) is 2.02. The molecule has 0 saturated carbocycles. The van der Waals surface area contributed by atoms with Crippen molar-refractivity contribution in [2.24, 2.45) is 0 Å². The molecule has 102 valence electrons. The van der Waals surface area contributed by atoms with Crippen molar-refractivity contribution in [2.45, 2.75) is 13.8 Å². The van der Waals surface area contributed by atoms with Gasteiger partial charge in [-0.2, -0.15) is 0 Å². The predicted octanol–water partition coefficient (Wildman–Crippen LogP) is 2.77. The van der Waals surface area contributed by atoms with Gasteiger partial charge in [0.25, 0.3) is 0 Å². The SMILES string of the molecule is CC(=O)Nc1ccc(C(=O)c2cc(C)cc(N)c2)cc1. The van der Waals surface area contributed by atoms with Crippen molar-refractivity contribution in [3.8, 4) is 0 Å². The van der Waals surface area contributed by atoms with Crippen LogP contribution in [0.4, 0.5) is 11.4 Å². The summed E-state index contributed by atoms with van der Waals surface area (Å²) in [7, 11) is 0. The highest BCUT2D eigenvalue weighted by atomic mass is 16.1. The Morgan fingerprint density at radius 3 is 2.20 bits per heavy atom. The largest absolute Gasteiger partial charge is 0.399 e. The second kappa shape index (κ2) is 5.57. The number of nitrogens with two attached hydrogens (primary N) is 1. The van der Waals surface area contributed by atoms with E-state index in [4.69, 9.17) is 5.73 Å². The Bertz CT molecular complexity index is 640. The van der Waals surface area contributed by atoms with Crippen LogP contribution in [0, 0.1) is 6.92 Å². The summed E-state index contributed by atoms with van der Waals surface area (Å²) < 4.78 is 0. The molecule has 20 heavy (non-hydrogen) atoms. The van der Waals surface area contributed by atoms with Crippen LogP contribution in [0.25, 0.3) is 0 Å². The summed E-state index contributed by atoms with van der Waals surface area (Å²) in [4.78, 5) is 23.3. The molecule has 3 N–H and O–H groups in total. The van der Waals surface area contributed by atoms with Gasteiger partial charge in [0.1, 0.15) is 0 Å². The van der Waals surface area contributed by atoms with Gasteiger partial charge >= 0.3 is 0 Å². The Labute approximate surface area is 117 Å². The summed E-state index contributed by atoms with van der Waals surface area (Å²) in [6.07, 6.45) is 0. The molecule has 0 aliphatic carbocycles. The fraction of sp³-hybridized carbons (Fsp3) is 0.125. The van der Waals surface area contributed by atoms with E-state index in [9.17, 15) is 9.59 Å². The number of hydrogen-bond acceptors (Lipinski definition) is 3. The minimum atomic E-state index is -0.143. The number of rotatable bonds is 3. The summed E-state index contributed by atoms with van der Waals surface area (Å²) in [6.45, 7) is 3.33. The third-order valence-electron chi connectivity index (χ3n) is 2.83. The van der Waals surface area contributed by atoms with E-state index >= 15 is 0 Å². The molecular formula is C16H16N2O2. The molecule has 0 bridgehead atoms. The number of benzene rings is 2. The second-order valence-electron chi connectivity index (χ2n) is 4.72. The minimum absolute atomic E-state index is 0.0882. The summed E-state index contributed by atoms with van der Waals surface area (Å²) >= 11 is 0. The van der Waals surface area contributed by atoms with E-state index in [1.165, 1.54) is 6.92 Å². The average molecular weight is 268 g/mol. The number of ketones is 1. The van der Waals surface area contributed by atoms with Gasteiger partial charge in [-0.05, 0) is 55.0 Å². The number of nitrogens with one attached hydrogen (secondary N) is 1. The zero-order chi connectivity index (χ0) is 14.7. The van der Waals surface area contributed by atoms with Crippen LogP contribution in [-0.2, 0) is 4.79 Å². The summed E-state index contributed by atoms with van der Waals surface area (Å²) in [6, 6.07) is 12.1. The van der Waals surface area contributed by atoms with Crippen LogP contribution in [0.1, 0.15) is 28.4 Å². The molecule has 0 aliphatic rings. The summed E-state index contributed by atoms with van der Waals surface area (Å²) in [5.74, 6) is -0.231. The molecule has 0 spiro atoms. The smallest absolute Gasteiger partial charge is 0.221 e. The van der Waals surface area contributed by atoms with Crippen LogP contribution < -0.4 is 11.1 Å². The summed E-state index contributed by atoms with van der Waals surface area (Å²) in [5, 5.41) is 2.66. The van der Waals surface area contributed by atoms with E-state index in [2.05, 4.69) is 5.32 Å². The van der Waals surface area contributed by atoms with Gasteiger partial charge in [-0.15, -0.1) is 0 Å². The molecule has 1 amide bonds. The maximum absolute atomic E-state index is 12.3. The topological polar surface area (TPSA) is 72.2 Å². The van der Waals surface area contributed by atoms with Crippen molar-refractivity contribution in [1.82, 2.24) is 0 Å². The highest BCUT2D eigenvalue weighted by molar-refractivity contribution is 6.09. The van der Waals surface area contributed by atoms with Gasteiger partial charge in [0, 0.05) is 29.4 Å². The molecule has 2 rings (SSSR count). The summed E-state index contributed by atoms with van der Waals surface area (Å²) in [5.41, 5.74) is 9.06. The molecule has 2 aromatic rings. The number of aryl methyl sites for hydroxylation is 1. The van der Waals surface area contributed by atoms with Gasteiger partial charge in [-0.1, -0.05) is 0 Å². The molecule has 0 heterocycles. The first kappa shape index (κ1) is 13.8. The van der Waals surface area contributed by atoms with Gasteiger partial charge in [-0.25, -0.2) is 0 Å². The van der Waals surface area contributed by atoms with Crippen molar-refractivity contribution in [2.75, 3.05) is 11.1 Å². The highest BCUT2D eigenvalue weighted by Gasteiger charge is 2.10. The Balaban J connectivity index is 2.26. The number of hydrogen-bond donors (Lipinski definition) is 2. The van der Waals surface area contributed by atoms with E-state index in [0.29, 0.717) is 22.5 Å². The minimum Gasteiger partial charge on any atom is -0.399 e. The standard InChI is InChI=1S/C16H16N2O2/c1-10-7-13(9-14(17)8-10)16(20)12-3-5-15(6-4-12)18-11(2)19/h3-9H,17H2,1-2H3,(H,18,19). The molecule has 0 atom stereocenters. The highest BCUT2D eigenvalue weighted by Crippen LogP contribution is 2.17. The lowest BCUT2D eigenvalue weighted by Crippen LogP contribution is -2.07. The van der Waals surface area contributed by atoms with Crippen LogP contribution in [-0.4, -0.2) is 11.7 Å². The molecule has 4 heteroatoms. The van der Waals surface area contributed by atoms with Gasteiger partial charge in [-0.3, -0.25) is 9.59 Å². The average Bonchev–Trinajstić information content (AvgIpc) is 2.37. The third-order valence-corrected chi connectivity index (χ3v) is 2.83. The number of anilines is 2. The van der Waals surface area contributed by atoms with Gasteiger partial charge in [0.15, 0.2) is 5.78 Å². The zero-order valence-corrected chi connectivity index (χ0v) is 11.4. The Morgan fingerprint density at radius 2 is 1.65 bits per heavy atom. The first-order chi connectivity index (χ1) is 9.45. The zero-order valence-electron chi connectivity index (χ0n) is 11.4. The van der Waals surface area contributed by atoms with Crippen LogP contribution in [0.5, 0.6) is 0 Å². The predicted molar refractivity (Wildman–Crippen MR) is 79.8 cm³/mol.